The molecular weight excluding hydrogens is 526 g/mol. The third-order valence-electron chi connectivity index (χ3n) is 6.61. The van der Waals surface area contributed by atoms with Crippen LogP contribution < -0.4 is 15.4 Å². The summed E-state index contributed by atoms with van der Waals surface area (Å²) >= 11 is 1.58. The summed E-state index contributed by atoms with van der Waals surface area (Å²) in [5, 5.41) is 5.78. The topological polar surface area (TPSA) is 97.0 Å². The van der Waals surface area contributed by atoms with E-state index in [0.717, 1.165) is 5.56 Å². The van der Waals surface area contributed by atoms with Gasteiger partial charge in [-0.1, -0.05) is 36.8 Å². The molecule has 0 saturated heterocycles. The Bertz CT molecular complexity index is 1130. The molecule has 0 fully saturated rings. The van der Waals surface area contributed by atoms with Gasteiger partial charge in [0, 0.05) is 11.2 Å². The van der Waals surface area contributed by atoms with Gasteiger partial charge in [0.2, 0.25) is 5.91 Å². The number of carbonyl (C=O) groups excluding carboxylic acids is 3. The molecule has 0 heterocycles. The zero-order valence-corrected chi connectivity index (χ0v) is 26.1. The highest BCUT2D eigenvalue weighted by Gasteiger charge is 2.43. The predicted octanol–water partition coefficient (Wildman–Crippen LogP) is 6.35. The minimum Gasteiger partial charge on any atom is -0.497 e. The zero-order valence-electron chi connectivity index (χ0n) is 25.3. The van der Waals surface area contributed by atoms with Crippen LogP contribution in [0.4, 0.5) is 10.5 Å². The van der Waals surface area contributed by atoms with Gasteiger partial charge in [0.05, 0.1) is 7.11 Å². The number of aryl methyl sites for hydroxylation is 1. The highest BCUT2D eigenvalue weighted by atomic mass is 32.2. The molecule has 0 bridgehead atoms. The molecule has 0 aliphatic carbocycles. The lowest BCUT2D eigenvalue weighted by Crippen LogP contribution is -2.59. The van der Waals surface area contributed by atoms with Crippen LogP contribution in [0.3, 0.4) is 0 Å². The van der Waals surface area contributed by atoms with Crippen LogP contribution in [0.2, 0.25) is 0 Å². The van der Waals surface area contributed by atoms with Crippen LogP contribution in [-0.2, 0) is 14.3 Å². The Morgan fingerprint density at radius 3 is 2.08 bits per heavy atom. The summed E-state index contributed by atoms with van der Waals surface area (Å²) in [6.45, 7) is 13.1. The fourth-order valence-electron chi connectivity index (χ4n) is 4.11. The SMILES string of the molecule is CCC(C)(C)N(C(=O)C(CCSC)NC(=O)OC(C)(C)C)C(C(=O)Nc1ccc(OC)cc1)c1ccc(C)cc1. The normalized spacial score (nSPS) is 13.1. The average Bonchev–Trinajstić information content (AvgIpc) is 2.89. The van der Waals surface area contributed by atoms with Crippen molar-refractivity contribution in [3.05, 3.63) is 59.7 Å². The molecule has 2 aromatic carbocycles. The van der Waals surface area contributed by atoms with Gasteiger partial charge in [-0.25, -0.2) is 4.79 Å². The number of hydrogen-bond acceptors (Lipinski definition) is 6. The van der Waals surface area contributed by atoms with Gasteiger partial charge in [0.1, 0.15) is 23.4 Å². The van der Waals surface area contributed by atoms with E-state index in [1.54, 1.807) is 68.8 Å². The lowest BCUT2D eigenvalue weighted by molar-refractivity contribution is -0.147. The van der Waals surface area contributed by atoms with E-state index in [0.29, 0.717) is 35.6 Å². The van der Waals surface area contributed by atoms with E-state index < -0.39 is 29.3 Å². The molecular formula is C31H45N3O5S. The molecule has 0 spiro atoms. The van der Waals surface area contributed by atoms with Gasteiger partial charge < -0.3 is 25.0 Å². The average molecular weight is 572 g/mol. The van der Waals surface area contributed by atoms with Crippen molar-refractivity contribution in [3.63, 3.8) is 0 Å². The number of amides is 3. The molecule has 9 heteroatoms. The Hall–Kier alpha value is -3.20. The number of rotatable bonds is 12. The minimum atomic E-state index is -0.956. The first kappa shape index (κ1) is 33.0. The predicted molar refractivity (Wildman–Crippen MR) is 163 cm³/mol. The number of hydrogen-bond donors (Lipinski definition) is 2. The molecule has 2 atom stereocenters. The van der Waals surface area contributed by atoms with E-state index in [1.165, 1.54) is 0 Å². The molecule has 3 amide bonds. The molecule has 220 valence electrons. The standard InChI is InChI=1S/C31H45N3O5S/c1-10-31(6,7)34(28(36)25(19-20-40-9)33-29(37)39-30(3,4)5)26(22-13-11-21(2)12-14-22)27(35)32-23-15-17-24(38-8)18-16-23/h11-18,25-26H,10,19-20H2,1-9H3,(H,32,35)(H,33,37). The Balaban J connectivity index is 2.59. The van der Waals surface area contributed by atoms with Gasteiger partial charge in [0.25, 0.3) is 5.91 Å². The van der Waals surface area contributed by atoms with Gasteiger partial charge in [-0.2, -0.15) is 11.8 Å². The molecule has 8 nitrogen and oxygen atoms in total. The molecule has 0 aromatic heterocycles. The number of alkyl carbamates (subject to hydrolysis) is 1. The van der Waals surface area contributed by atoms with Crippen molar-refractivity contribution < 1.29 is 23.9 Å². The van der Waals surface area contributed by atoms with Crippen LogP contribution >= 0.6 is 11.8 Å². The molecule has 2 aromatic rings. The number of methoxy groups -OCH3 is 1. The van der Waals surface area contributed by atoms with Crippen molar-refractivity contribution in [2.24, 2.45) is 0 Å². The molecule has 2 unspecified atom stereocenters. The first-order valence-corrected chi connectivity index (χ1v) is 14.9. The van der Waals surface area contributed by atoms with Crippen LogP contribution in [0.25, 0.3) is 0 Å². The Labute approximate surface area is 243 Å². The van der Waals surface area contributed by atoms with E-state index in [4.69, 9.17) is 9.47 Å². The Kier molecular flexibility index (Phi) is 11.9. The van der Waals surface area contributed by atoms with Crippen LogP contribution in [0.5, 0.6) is 5.75 Å². The van der Waals surface area contributed by atoms with E-state index in [1.807, 2.05) is 58.2 Å². The summed E-state index contributed by atoms with van der Waals surface area (Å²) in [5.41, 5.74) is 0.845. The largest absolute Gasteiger partial charge is 0.497 e. The Morgan fingerprint density at radius 1 is 0.975 bits per heavy atom. The van der Waals surface area contributed by atoms with E-state index in [-0.39, 0.29) is 11.8 Å². The van der Waals surface area contributed by atoms with Crippen LogP contribution in [0.1, 0.15) is 71.6 Å². The van der Waals surface area contributed by atoms with Crippen molar-refractivity contribution in [1.82, 2.24) is 10.2 Å². The number of ether oxygens (including phenoxy) is 2. The number of thioether (sulfide) groups is 1. The van der Waals surface area contributed by atoms with Gasteiger partial charge in [-0.15, -0.1) is 0 Å². The number of anilines is 1. The number of carbonyl (C=O) groups is 3. The minimum absolute atomic E-state index is 0.345. The van der Waals surface area contributed by atoms with Gasteiger partial charge in [-0.3, -0.25) is 9.59 Å². The van der Waals surface area contributed by atoms with Crippen molar-refractivity contribution in [1.29, 1.82) is 0 Å². The number of benzene rings is 2. The monoisotopic (exact) mass is 571 g/mol. The van der Waals surface area contributed by atoms with Crippen LogP contribution in [-0.4, -0.2) is 59.1 Å². The molecule has 0 aliphatic heterocycles. The second-order valence-electron chi connectivity index (χ2n) is 11.4. The van der Waals surface area contributed by atoms with Crippen LogP contribution in [0, 0.1) is 6.92 Å². The maximum atomic E-state index is 14.4. The van der Waals surface area contributed by atoms with Gasteiger partial charge >= 0.3 is 6.09 Å². The van der Waals surface area contributed by atoms with Crippen molar-refractivity contribution >= 4 is 35.4 Å². The third kappa shape index (κ3) is 9.47. The van der Waals surface area contributed by atoms with E-state index in [2.05, 4.69) is 10.6 Å². The maximum Gasteiger partial charge on any atom is 0.408 e. The van der Waals surface area contributed by atoms with E-state index >= 15 is 0 Å². The highest BCUT2D eigenvalue weighted by molar-refractivity contribution is 7.98. The summed E-state index contributed by atoms with van der Waals surface area (Å²) < 4.78 is 10.7. The van der Waals surface area contributed by atoms with Gasteiger partial charge in [0.15, 0.2) is 0 Å². The maximum absolute atomic E-state index is 14.4. The van der Waals surface area contributed by atoms with Crippen molar-refractivity contribution in [3.8, 4) is 5.75 Å². The van der Waals surface area contributed by atoms with Crippen molar-refractivity contribution in [2.75, 3.05) is 24.4 Å². The summed E-state index contributed by atoms with van der Waals surface area (Å²) in [6, 6.07) is 12.8. The smallest absolute Gasteiger partial charge is 0.408 e. The molecule has 0 saturated carbocycles. The molecule has 2 N–H and O–H groups in total. The van der Waals surface area contributed by atoms with Crippen molar-refractivity contribution in [2.45, 2.75) is 84.5 Å². The second kappa shape index (κ2) is 14.4. The fraction of sp³-hybridized carbons (Fsp3) is 0.516. The lowest BCUT2D eigenvalue weighted by atomic mass is 9.91. The summed E-state index contributed by atoms with van der Waals surface area (Å²) in [6.07, 6.45) is 2.24. The highest BCUT2D eigenvalue weighted by Crippen LogP contribution is 2.33. The summed E-state index contributed by atoms with van der Waals surface area (Å²) in [7, 11) is 1.58. The molecule has 40 heavy (non-hydrogen) atoms. The first-order valence-electron chi connectivity index (χ1n) is 13.6. The first-order chi connectivity index (χ1) is 18.7. The van der Waals surface area contributed by atoms with E-state index in [9.17, 15) is 14.4 Å². The van der Waals surface area contributed by atoms with Crippen LogP contribution in [0.15, 0.2) is 48.5 Å². The summed E-state index contributed by atoms with van der Waals surface area (Å²) in [4.78, 5) is 42.9. The molecule has 2 rings (SSSR count). The summed E-state index contributed by atoms with van der Waals surface area (Å²) in [5.74, 6) is 0.605. The zero-order chi connectivity index (χ0) is 30.1. The Morgan fingerprint density at radius 2 is 1.57 bits per heavy atom. The lowest BCUT2D eigenvalue weighted by Gasteiger charge is -2.44. The van der Waals surface area contributed by atoms with Gasteiger partial charge in [-0.05, 0) is 96.2 Å². The quantitative estimate of drug-likeness (QED) is 0.308. The fourth-order valence-corrected chi connectivity index (χ4v) is 4.58. The number of nitrogens with one attached hydrogen (secondary N) is 2. The molecule has 0 radical (unpaired) electrons. The number of nitrogens with zero attached hydrogens (tertiary/aromatic N) is 1. The third-order valence-corrected chi connectivity index (χ3v) is 7.26. The second-order valence-corrected chi connectivity index (χ2v) is 12.4. The molecule has 0 aliphatic rings.